The highest BCUT2D eigenvalue weighted by atomic mass is 32.1. The third-order valence-corrected chi connectivity index (χ3v) is 3.99. The maximum absolute atomic E-state index is 9.18. The van der Waals surface area contributed by atoms with E-state index >= 15 is 0 Å². The molecule has 6 nitrogen and oxygen atoms in total. The molecule has 0 saturated heterocycles. The summed E-state index contributed by atoms with van der Waals surface area (Å²) < 4.78 is 17.1. The lowest BCUT2D eigenvalue weighted by Gasteiger charge is -1.98. The fourth-order valence-electron chi connectivity index (χ4n) is 2.15. The Morgan fingerprint density at radius 2 is 1.43 bits per heavy atom. The van der Waals surface area contributed by atoms with Gasteiger partial charge in [-0.1, -0.05) is 19.9 Å². The van der Waals surface area contributed by atoms with Crippen LogP contribution in [0.4, 0.5) is 0 Å². The molecule has 0 fully saturated rings. The summed E-state index contributed by atoms with van der Waals surface area (Å²) in [5.74, 6) is 0.307. The van der Waals surface area contributed by atoms with Crippen LogP contribution < -0.4 is 10.4 Å². The van der Waals surface area contributed by atoms with E-state index in [4.69, 9.17) is 0 Å². The molecule has 1 aromatic carbocycles. The highest BCUT2D eigenvalue weighted by Crippen LogP contribution is 2.12. The first-order chi connectivity index (χ1) is 10.2. The van der Waals surface area contributed by atoms with Crippen LogP contribution in [-0.4, -0.2) is 17.5 Å². The maximum Gasteiger partial charge on any atom is 0.141 e. The molecule has 0 N–H and O–H groups in total. The average molecular weight is 312 g/mol. The molecule has 0 atom stereocenters. The summed E-state index contributed by atoms with van der Waals surface area (Å²) in [6.45, 7) is 4.13. The SMILES string of the molecule is CC(C)C=c1c2nsnc2c(=C(C#N)C#N)c2nsnc12. The van der Waals surface area contributed by atoms with Crippen LogP contribution in [0.1, 0.15) is 13.8 Å². The molecule has 0 aliphatic carbocycles. The van der Waals surface area contributed by atoms with E-state index in [0.717, 1.165) is 28.7 Å². The molecule has 2 aromatic heterocycles. The Hall–Kier alpha value is -2.42. The van der Waals surface area contributed by atoms with E-state index in [9.17, 15) is 10.5 Å². The monoisotopic (exact) mass is 312 g/mol. The van der Waals surface area contributed by atoms with Gasteiger partial charge < -0.3 is 0 Å². The van der Waals surface area contributed by atoms with Gasteiger partial charge >= 0.3 is 0 Å². The van der Waals surface area contributed by atoms with Gasteiger partial charge in [0, 0.05) is 5.22 Å². The molecule has 8 heteroatoms. The average Bonchev–Trinajstić information content (AvgIpc) is 3.10. The van der Waals surface area contributed by atoms with Crippen molar-refractivity contribution in [2.45, 2.75) is 13.8 Å². The highest BCUT2D eigenvalue weighted by molar-refractivity contribution is 7.00. The van der Waals surface area contributed by atoms with E-state index in [1.54, 1.807) is 0 Å². The molecule has 2 heterocycles. The summed E-state index contributed by atoms with van der Waals surface area (Å²) in [6, 6.07) is 3.82. The van der Waals surface area contributed by atoms with Crippen LogP contribution in [0.25, 0.3) is 33.7 Å². The van der Waals surface area contributed by atoms with Gasteiger partial charge in [0.05, 0.1) is 28.7 Å². The third kappa shape index (κ3) is 2.05. The van der Waals surface area contributed by atoms with Crippen LogP contribution >= 0.6 is 23.5 Å². The summed E-state index contributed by atoms with van der Waals surface area (Å²) in [4.78, 5) is 0. The Morgan fingerprint density at radius 1 is 0.952 bits per heavy atom. The predicted octanol–water partition coefficient (Wildman–Crippen LogP) is 1.33. The first-order valence-electron chi connectivity index (χ1n) is 6.10. The lowest BCUT2D eigenvalue weighted by Crippen LogP contribution is -2.17. The molecular formula is C13H8N6S2. The van der Waals surface area contributed by atoms with Gasteiger partial charge in [0.25, 0.3) is 0 Å². The number of hydrogen-bond donors (Lipinski definition) is 0. The van der Waals surface area contributed by atoms with Crippen LogP contribution in [0.15, 0.2) is 0 Å². The number of nitrogens with zero attached hydrogens (tertiary/aromatic N) is 6. The maximum atomic E-state index is 9.18. The van der Waals surface area contributed by atoms with Gasteiger partial charge in [0.15, 0.2) is 0 Å². The van der Waals surface area contributed by atoms with Crippen molar-refractivity contribution >= 4 is 57.2 Å². The molecule has 0 unspecified atom stereocenters. The molecule has 0 bridgehead atoms. The summed E-state index contributed by atoms with van der Waals surface area (Å²) in [6.07, 6.45) is 2.05. The van der Waals surface area contributed by atoms with Crippen molar-refractivity contribution in [3.63, 3.8) is 0 Å². The molecule has 102 valence electrons. The van der Waals surface area contributed by atoms with Gasteiger partial charge in [-0.15, -0.1) is 0 Å². The van der Waals surface area contributed by atoms with Crippen LogP contribution in [0.5, 0.6) is 0 Å². The first kappa shape index (κ1) is 13.6. The van der Waals surface area contributed by atoms with Crippen molar-refractivity contribution in [1.29, 1.82) is 10.5 Å². The normalized spacial score (nSPS) is 10.7. The van der Waals surface area contributed by atoms with Crippen molar-refractivity contribution < 1.29 is 0 Å². The zero-order chi connectivity index (χ0) is 15.0. The Bertz CT molecular complexity index is 971. The molecular weight excluding hydrogens is 304 g/mol. The van der Waals surface area contributed by atoms with Gasteiger partial charge in [0.2, 0.25) is 0 Å². The van der Waals surface area contributed by atoms with E-state index in [2.05, 4.69) is 37.4 Å². The number of rotatable bonds is 1. The second kappa shape index (κ2) is 5.17. The predicted molar refractivity (Wildman–Crippen MR) is 81.6 cm³/mol. The minimum absolute atomic E-state index is 0.0125. The summed E-state index contributed by atoms with van der Waals surface area (Å²) in [5.41, 5.74) is 2.43. The van der Waals surface area contributed by atoms with Crippen LogP contribution in [0.3, 0.4) is 0 Å². The fraction of sp³-hybridized carbons (Fsp3) is 0.231. The zero-order valence-corrected chi connectivity index (χ0v) is 12.8. The molecule has 0 spiro atoms. The van der Waals surface area contributed by atoms with E-state index in [1.807, 2.05) is 12.1 Å². The number of fused-ring (bicyclic) bond motifs is 2. The molecule has 0 saturated carbocycles. The standard InChI is InChI=1S/C13H8N6S2/c1-6(2)3-8-10-12(18-20-16-10)9(7(4-14)5-15)13-11(8)17-21-19-13/h3,6H,1-2H3. The second-order valence-corrected chi connectivity index (χ2v) is 5.78. The Morgan fingerprint density at radius 3 is 1.86 bits per heavy atom. The molecule has 0 aliphatic heterocycles. The first-order valence-corrected chi connectivity index (χ1v) is 7.56. The van der Waals surface area contributed by atoms with Crippen molar-refractivity contribution in [2.24, 2.45) is 5.92 Å². The lowest BCUT2D eigenvalue weighted by atomic mass is 10.1. The van der Waals surface area contributed by atoms with Crippen LogP contribution in [0, 0.1) is 28.6 Å². The van der Waals surface area contributed by atoms with Crippen molar-refractivity contribution in [1.82, 2.24) is 17.5 Å². The summed E-state index contributed by atoms with van der Waals surface area (Å²) >= 11 is 2.11. The van der Waals surface area contributed by atoms with Gasteiger partial charge in [-0.3, -0.25) is 0 Å². The van der Waals surface area contributed by atoms with Crippen LogP contribution in [0.2, 0.25) is 0 Å². The number of nitriles is 2. The smallest absolute Gasteiger partial charge is 0.141 e. The molecule has 0 aliphatic rings. The topological polar surface area (TPSA) is 99.1 Å². The zero-order valence-electron chi connectivity index (χ0n) is 11.2. The third-order valence-electron chi connectivity index (χ3n) is 2.93. The highest BCUT2D eigenvalue weighted by Gasteiger charge is 2.15. The lowest BCUT2D eigenvalue weighted by molar-refractivity contribution is 0.882. The second-order valence-electron chi connectivity index (χ2n) is 4.72. The van der Waals surface area contributed by atoms with E-state index in [-0.39, 0.29) is 5.57 Å². The van der Waals surface area contributed by atoms with Crippen molar-refractivity contribution in [3.05, 3.63) is 10.4 Å². The van der Waals surface area contributed by atoms with Gasteiger partial charge in [-0.2, -0.15) is 28.0 Å². The minimum atomic E-state index is -0.0125. The summed E-state index contributed by atoms with van der Waals surface area (Å²) in [5, 5.41) is 19.7. The molecule has 0 radical (unpaired) electrons. The van der Waals surface area contributed by atoms with Crippen LogP contribution in [-0.2, 0) is 0 Å². The number of benzene rings is 1. The molecule has 3 rings (SSSR count). The molecule has 3 aromatic rings. The van der Waals surface area contributed by atoms with Gasteiger partial charge in [0.1, 0.15) is 39.8 Å². The Balaban J connectivity index is 2.75. The largest absolute Gasteiger partial charge is 0.192 e. The van der Waals surface area contributed by atoms with Crippen molar-refractivity contribution in [3.8, 4) is 12.1 Å². The number of hydrogen-bond acceptors (Lipinski definition) is 8. The summed E-state index contributed by atoms with van der Waals surface area (Å²) in [7, 11) is 0. The number of aromatic nitrogens is 4. The minimum Gasteiger partial charge on any atom is -0.192 e. The Labute approximate surface area is 127 Å². The van der Waals surface area contributed by atoms with Gasteiger partial charge in [-0.25, -0.2) is 0 Å². The molecule has 21 heavy (non-hydrogen) atoms. The van der Waals surface area contributed by atoms with E-state index in [1.165, 1.54) is 0 Å². The van der Waals surface area contributed by atoms with Crippen molar-refractivity contribution in [2.75, 3.05) is 0 Å². The fourth-order valence-corrected chi connectivity index (χ4v) is 3.28. The Kier molecular flexibility index (Phi) is 3.34. The van der Waals surface area contributed by atoms with E-state index in [0.29, 0.717) is 33.2 Å². The quantitative estimate of drug-likeness (QED) is 0.672. The molecule has 0 amide bonds. The van der Waals surface area contributed by atoms with Gasteiger partial charge in [-0.05, 0) is 5.92 Å². The van der Waals surface area contributed by atoms with E-state index < -0.39 is 0 Å².